The highest BCUT2D eigenvalue weighted by Gasteiger charge is 2.26. The van der Waals surface area contributed by atoms with E-state index in [1.165, 1.54) is 5.56 Å². The molecule has 0 aliphatic carbocycles. The summed E-state index contributed by atoms with van der Waals surface area (Å²) >= 11 is 0. The molecule has 1 heterocycles. The van der Waals surface area contributed by atoms with Crippen LogP contribution in [-0.2, 0) is 0 Å². The molecule has 88 valence electrons. The summed E-state index contributed by atoms with van der Waals surface area (Å²) in [5.41, 5.74) is 7.28. The lowest BCUT2D eigenvalue weighted by Gasteiger charge is -2.33. The van der Waals surface area contributed by atoms with Gasteiger partial charge < -0.3 is 15.8 Å². The van der Waals surface area contributed by atoms with E-state index in [1.807, 2.05) is 18.2 Å². The summed E-state index contributed by atoms with van der Waals surface area (Å²) in [5, 5.41) is 3.58. The Labute approximate surface area is 97.0 Å². The van der Waals surface area contributed by atoms with E-state index in [4.69, 9.17) is 10.5 Å². The maximum Gasteiger partial charge on any atom is 0.123 e. The molecule has 0 amide bonds. The molecule has 2 rings (SSSR count). The maximum atomic E-state index is 6.06. The summed E-state index contributed by atoms with van der Waals surface area (Å²) < 4.78 is 5.39. The fourth-order valence-electron chi connectivity index (χ4n) is 2.50. The van der Waals surface area contributed by atoms with Gasteiger partial charge in [0.1, 0.15) is 5.75 Å². The van der Waals surface area contributed by atoms with Crippen molar-refractivity contribution in [2.24, 2.45) is 5.73 Å². The van der Waals surface area contributed by atoms with E-state index < -0.39 is 0 Å². The Morgan fingerprint density at radius 1 is 1.31 bits per heavy atom. The van der Waals surface area contributed by atoms with Crippen molar-refractivity contribution >= 4 is 0 Å². The average Bonchev–Trinajstić information content (AvgIpc) is 2.27. The lowest BCUT2D eigenvalue weighted by Crippen LogP contribution is -2.44. The maximum absolute atomic E-state index is 6.06. The Kier molecular flexibility index (Phi) is 3.46. The smallest absolute Gasteiger partial charge is 0.123 e. The summed E-state index contributed by atoms with van der Waals surface area (Å²) in [4.78, 5) is 0. The van der Waals surface area contributed by atoms with Crippen LogP contribution in [0.2, 0.25) is 0 Å². The van der Waals surface area contributed by atoms with Crippen molar-refractivity contribution in [3.8, 4) is 5.75 Å². The number of benzene rings is 1. The lowest BCUT2D eigenvalue weighted by molar-refractivity contribution is 0.299. The highest BCUT2D eigenvalue weighted by molar-refractivity contribution is 5.36. The quantitative estimate of drug-likeness (QED) is 0.799. The Balaban J connectivity index is 2.22. The Hall–Kier alpha value is -1.06. The molecule has 1 aromatic carbocycles. The minimum Gasteiger partial charge on any atom is -0.496 e. The van der Waals surface area contributed by atoms with E-state index >= 15 is 0 Å². The van der Waals surface area contributed by atoms with Gasteiger partial charge in [0.05, 0.1) is 7.11 Å². The van der Waals surface area contributed by atoms with Crippen LogP contribution in [0, 0.1) is 0 Å². The van der Waals surface area contributed by atoms with Crippen LogP contribution in [0.1, 0.15) is 31.4 Å². The lowest BCUT2D eigenvalue weighted by atomic mass is 9.90. The van der Waals surface area contributed by atoms with Gasteiger partial charge in [0.15, 0.2) is 0 Å². The molecule has 3 atom stereocenters. The van der Waals surface area contributed by atoms with Crippen molar-refractivity contribution in [3.63, 3.8) is 0 Å². The first kappa shape index (κ1) is 11.4. The van der Waals surface area contributed by atoms with Crippen LogP contribution in [0.4, 0.5) is 0 Å². The minimum absolute atomic E-state index is 0.283. The molecule has 1 aliphatic rings. The number of hydrogen-bond acceptors (Lipinski definition) is 3. The van der Waals surface area contributed by atoms with Crippen LogP contribution in [0.15, 0.2) is 24.3 Å². The SMILES string of the molecule is COc1ccccc1[C@@H]1C[C@@H](N)C[C@H](C)N1. The number of methoxy groups -OCH3 is 1. The number of ether oxygens (including phenoxy) is 1. The minimum atomic E-state index is 0.283. The molecule has 0 aromatic heterocycles. The molecule has 1 fully saturated rings. The monoisotopic (exact) mass is 220 g/mol. The Bertz CT molecular complexity index is 344. The van der Waals surface area contributed by atoms with Crippen LogP contribution in [0.3, 0.4) is 0 Å². The zero-order valence-corrected chi connectivity index (χ0v) is 9.94. The largest absolute Gasteiger partial charge is 0.496 e. The van der Waals surface area contributed by atoms with E-state index in [9.17, 15) is 0 Å². The van der Waals surface area contributed by atoms with Crippen molar-refractivity contribution in [1.82, 2.24) is 5.32 Å². The van der Waals surface area contributed by atoms with Gasteiger partial charge in [-0.25, -0.2) is 0 Å². The van der Waals surface area contributed by atoms with Gasteiger partial charge >= 0.3 is 0 Å². The number of para-hydroxylation sites is 1. The molecule has 3 N–H and O–H groups in total. The molecule has 3 heteroatoms. The number of hydrogen-bond donors (Lipinski definition) is 2. The van der Waals surface area contributed by atoms with E-state index in [0.717, 1.165) is 18.6 Å². The van der Waals surface area contributed by atoms with Crippen molar-refractivity contribution in [3.05, 3.63) is 29.8 Å². The molecule has 0 saturated carbocycles. The van der Waals surface area contributed by atoms with Crippen LogP contribution < -0.4 is 15.8 Å². The molecule has 0 radical (unpaired) electrons. The number of nitrogens with one attached hydrogen (secondary N) is 1. The first-order valence-electron chi connectivity index (χ1n) is 5.85. The van der Waals surface area contributed by atoms with Gasteiger partial charge in [-0.3, -0.25) is 0 Å². The average molecular weight is 220 g/mol. The topological polar surface area (TPSA) is 47.3 Å². The zero-order valence-electron chi connectivity index (χ0n) is 9.94. The van der Waals surface area contributed by atoms with E-state index in [2.05, 4.69) is 18.3 Å². The van der Waals surface area contributed by atoms with Gasteiger partial charge in [-0.1, -0.05) is 18.2 Å². The van der Waals surface area contributed by atoms with Crippen LogP contribution in [-0.4, -0.2) is 19.2 Å². The van der Waals surface area contributed by atoms with Crippen molar-refractivity contribution in [1.29, 1.82) is 0 Å². The van der Waals surface area contributed by atoms with E-state index in [-0.39, 0.29) is 6.04 Å². The third-order valence-corrected chi connectivity index (χ3v) is 3.19. The Morgan fingerprint density at radius 3 is 2.75 bits per heavy atom. The van der Waals surface area contributed by atoms with Gasteiger partial charge in [0, 0.05) is 23.7 Å². The third-order valence-electron chi connectivity index (χ3n) is 3.19. The second-order valence-corrected chi connectivity index (χ2v) is 4.59. The predicted octanol–water partition coefficient (Wildman–Crippen LogP) is 1.84. The van der Waals surface area contributed by atoms with Crippen LogP contribution >= 0.6 is 0 Å². The molecule has 16 heavy (non-hydrogen) atoms. The Morgan fingerprint density at radius 2 is 2.06 bits per heavy atom. The zero-order chi connectivity index (χ0) is 11.5. The highest BCUT2D eigenvalue weighted by atomic mass is 16.5. The van der Waals surface area contributed by atoms with Gasteiger partial charge in [-0.05, 0) is 25.8 Å². The van der Waals surface area contributed by atoms with Gasteiger partial charge in [0.25, 0.3) is 0 Å². The molecular weight excluding hydrogens is 200 g/mol. The standard InChI is InChI=1S/C13H20N2O/c1-9-7-10(14)8-12(15-9)11-5-3-4-6-13(11)16-2/h3-6,9-10,12,15H,7-8,14H2,1-2H3/t9-,10-,12-/m0/s1. The first-order valence-corrected chi connectivity index (χ1v) is 5.85. The number of rotatable bonds is 2. The molecule has 0 bridgehead atoms. The molecule has 1 aromatic rings. The summed E-state index contributed by atoms with van der Waals surface area (Å²) in [6, 6.07) is 9.22. The van der Waals surface area contributed by atoms with Gasteiger partial charge in [0.2, 0.25) is 0 Å². The number of nitrogens with two attached hydrogens (primary N) is 1. The first-order chi connectivity index (χ1) is 7.70. The van der Waals surface area contributed by atoms with Crippen LogP contribution in [0.25, 0.3) is 0 Å². The highest BCUT2D eigenvalue weighted by Crippen LogP contribution is 2.31. The fraction of sp³-hybridized carbons (Fsp3) is 0.538. The van der Waals surface area contributed by atoms with E-state index in [0.29, 0.717) is 12.1 Å². The molecule has 1 saturated heterocycles. The summed E-state index contributed by atoms with van der Waals surface area (Å²) in [6.45, 7) is 2.18. The third kappa shape index (κ3) is 2.36. The molecule has 0 unspecified atom stereocenters. The molecule has 1 aliphatic heterocycles. The van der Waals surface area contributed by atoms with Crippen molar-refractivity contribution in [2.45, 2.75) is 37.9 Å². The van der Waals surface area contributed by atoms with Crippen molar-refractivity contribution in [2.75, 3.05) is 7.11 Å². The second kappa shape index (κ2) is 4.85. The predicted molar refractivity (Wildman–Crippen MR) is 65.5 cm³/mol. The second-order valence-electron chi connectivity index (χ2n) is 4.59. The van der Waals surface area contributed by atoms with Crippen LogP contribution in [0.5, 0.6) is 5.75 Å². The molecular formula is C13H20N2O. The molecule has 0 spiro atoms. The van der Waals surface area contributed by atoms with Gasteiger partial charge in [-0.15, -0.1) is 0 Å². The van der Waals surface area contributed by atoms with E-state index in [1.54, 1.807) is 7.11 Å². The fourth-order valence-corrected chi connectivity index (χ4v) is 2.50. The van der Waals surface area contributed by atoms with Gasteiger partial charge in [-0.2, -0.15) is 0 Å². The summed E-state index contributed by atoms with van der Waals surface area (Å²) in [7, 11) is 1.71. The molecule has 3 nitrogen and oxygen atoms in total. The van der Waals surface area contributed by atoms with Crippen molar-refractivity contribution < 1.29 is 4.74 Å². The summed E-state index contributed by atoms with van der Waals surface area (Å²) in [5.74, 6) is 0.946. The number of piperidine rings is 1. The summed E-state index contributed by atoms with van der Waals surface area (Å²) in [6.07, 6.45) is 2.02. The normalized spacial score (nSPS) is 30.1.